The Hall–Kier alpha value is 0. The van der Waals surface area contributed by atoms with Gasteiger partial charge in [0.05, 0.1) is 0 Å². The minimum Gasteiger partial charge on any atom is -0.0683 e. The molecular formula is C11H26. The van der Waals surface area contributed by atoms with Crippen molar-refractivity contribution in [1.29, 1.82) is 0 Å². The smallest absolute Gasteiger partial charge is 0.0383 e. The number of hydrogen-bond acceptors (Lipinski definition) is 0. The van der Waals surface area contributed by atoms with Crippen molar-refractivity contribution in [3.63, 3.8) is 0 Å². The van der Waals surface area contributed by atoms with E-state index in [0.717, 1.165) is 0 Å². The predicted molar refractivity (Wildman–Crippen MR) is 54.9 cm³/mol. The highest BCUT2D eigenvalue weighted by molar-refractivity contribution is 4.60. The van der Waals surface area contributed by atoms with Crippen molar-refractivity contribution in [2.24, 2.45) is 5.41 Å². The van der Waals surface area contributed by atoms with Gasteiger partial charge in [-0.05, 0) is 11.8 Å². The van der Waals surface area contributed by atoms with Gasteiger partial charge in [-0.25, -0.2) is 0 Å². The van der Waals surface area contributed by atoms with E-state index in [9.17, 15) is 0 Å². The molecule has 0 aliphatic heterocycles. The lowest BCUT2D eigenvalue weighted by Crippen LogP contribution is -2.03. The van der Waals surface area contributed by atoms with Gasteiger partial charge >= 0.3 is 0 Å². The molecule has 0 radical (unpaired) electrons. The van der Waals surface area contributed by atoms with Gasteiger partial charge in [-0.1, -0.05) is 60.8 Å². The molecular weight excluding hydrogens is 132 g/mol. The van der Waals surface area contributed by atoms with Crippen molar-refractivity contribution in [2.75, 3.05) is 0 Å². The Balaban J connectivity index is 0. The highest BCUT2D eigenvalue weighted by Gasteiger charge is 2.07. The van der Waals surface area contributed by atoms with Crippen LogP contribution >= 0.6 is 0 Å². The van der Waals surface area contributed by atoms with E-state index in [4.69, 9.17) is 0 Å². The summed E-state index contributed by atoms with van der Waals surface area (Å²) in [6, 6.07) is 0. The highest BCUT2D eigenvalue weighted by Crippen LogP contribution is 2.21. The van der Waals surface area contributed by atoms with E-state index in [0.29, 0.717) is 5.41 Å². The summed E-state index contributed by atoms with van der Waals surface area (Å²) in [6.07, 6.45) is 5.52. The fraction of sp³-hybridized carbons (Fsp3) is 1.00. The Morgan fingerprint density at radius 3 is 1.64 bits per heavy atom. The predicted octanol–water partition coefficient (Wildman–Crippen LogP) is 4.64. The van der Waals surface area contributed by atoms with Gasteiger partial charge in [-0.2, -0.15) is 0 Å². The first-order valence-electron chi connectivity index (χ1n) is 5.06. The fourth-order valence-electron chi connectivity index (χ4n) is 0.905. The van der Waals surface area contributed by atoms with Crippen molar-refractivity contribution in [3.05, 3.63) is 0 Å². The number of unbranched alkanes of at least 4 members (excludes halogenated alkanes) is 2. The third kappa shape index (κ3) is 17.8. The van der Waals surface area contributed by atoms with E-state index >= 15 is 0 Å². The molecule has 0 aromatic heterocycles. The zero-order valence-electron chi connectivity index (χ0n) is 9.33. The zero-order valence-corrected chi connectivity index (χ0v) is 9.33. The Morgan fingerprint density at radius 1 is 0.909 bits per heavy atom. The molecule has 0 bridgehead atoms. The summed E-state index contributed by atoms with van der Waals surface area (Å²) < 4.78 is 0. The molecule has 0 amide bonds. The molecule has 0 heterocycles. The normalized spacial score (nSPS) is 10.4. The van der Waals surface area contributed by atoms with E-state index in [1.54, 1.807) is 0 Å². The Labute approximate surface area is 73.4 Å². The van der Waals surface area contributed by atoms with E-state index in [2.05, 4.69) is 27.7 Å². The molecule has 0 rings (SSSR count). The molecule has 0 aromatic rings. The lowest BCUT2D eigenvalue weighted by Gasteiger charge is -2.16. The number of hydrogen-bond donors (Lipinski definition) is 0. The average molecular weight is 158 g/mol. The summed E-state index contributed by atoms with van der Waals surface area (Å²) in [7, 11) is 0. The maximum Gasteiger partial charge on any atom is -0.0383 e. The molecule has 0 N–H and O–H groups in total. The maximum atomic E-state index is 2.31. The zero-order chi connectivity index (χ0) is 9.33. The molecule has 0 heteroatoms. The van der Waals surface area contributed by atoms with Crippen LogP contribution in [0.25, 0.3) is 0 Å². The molecule has 0 saturated carbocycles. The summed E-state index contributed by atoms with van der Waals surface area (Å²) in [4.78, 5) is 0. The lowest BCUT2D eigenvalue weighted by atomic mass is 9.90. The maximum absolute atomic E-state index is 2.31. The molecule has 11 heavy (non-hydrogen) atoms. The van der Waals surface area contributed by atoms with Crippen LogP contribution in [-0.4, -0.2) is 0 Å². The highest BCUT2D eigenvalue weighted by atomic mass is 14.1. The molecule has 0 spiro atoms. The summed E-state index contributed by atoms with van der Waals surface area (Å²) >= 11 is 0. The van der Waals surface area contributed by atoms with Gasteiger partial charge in [0, 0.05) is 0 Å². The molecule has 70 valence electrons. The third-order valence-corrected chi connectivity index (χ3v) is 1.53. The first-order valence-corrected chi connectivity index (χ1v) is 5.06. The molecule has 0 unspecified atom stereocenters. The second kappa shape index (κ2) is 8.10. The van der Waals surface area contributed by atoms with E-state index in [1.807, 2.05) is 13.8 Å². The van der Waals surface area contributed by atoms with Crippen LogP contribution in [0.1, 0.15) is 67.2 Å². The van der Waals surface area contributed by atoms with Crippen LogP contribution in [0.15, 0.2) is 0 Å². The Bertz CT molecular complexity index is 56.9. The summed E-state index contributed by atoms with van der Waals surface area (Å²) in [5, 5.41) is 0. The van der Waals surface area contributed by atoms with Gasteiger partial charge in [0.1, 0.15) is 0 Å². The number of rotatable bonds is 3. The Morgan fingerprint density at radius 2 is 1.36 bits per heavy atom. The molecule has 0 nitrogen and oxygen atoms in total. The molecule has 0 atom stereocenters. The molecule has 0 saturated heterocycles. The molecule has 0 aromatic carbocycles. The second-order valence-electron chi connectivity index (χ2n) is 4.02. The van der Waals surface area contributed by atoms with Gasteiger partial charge in [-0.15, -0.1) is 0 Å². The fourth-order valence-corrected chi connectivity index (χ4v) is 0.905. The minimum absolute atomic E-state index is 0.551. The SMILES string of the molecule is CC.CCCCCC(C)(C)C. The largest absolute Gasteiger partial charge is 0.0683 e. The quantitative estimate of drug-likeness (QED) is 0.525. The van der Waals surface area contributed by atoms with Crippen molar-refractivity contribution >= 4 is 0 Å². The van der Waals surface area contributed by atoms with Gasteiger partial charge in [0.25, 0.3) is 0 Å². The van der Waals surface area contributed by atoms with Crippen molar-refractivity contribution in [3.8, 4) is 0 Å². The van der Waals surface area contributed by atoms with E-state index in [1.165, 1.54) is 25.7 Å². The first-order chi connectivity index (χ1) is 5.06. The van der Waals surface area contributed by atoms with Gasteiger partial charge in [0.15, 0.2) is 0 Å². The van der Waals surface area contributed by atoms with Crippen LogP contribution < -0.4 is 0 Å². The Kier molecular flexibility index (Phi) is 10.0. The first kappa shape index (κ1) is 13.6. The molecule has 0 aliphatic rings. The van der Waals surface area contributed by atoms with Crippen LogP contribution in [0.2, 0.25) is 0 Å². The summed E-state index contributed by atoms with van der Waals surface area (Å²) in [5.41, 5.74) is 0.551. The van der Waals surface area contributed by atoms with Crippen molar-refractivity contribution in [2.45, 2.75) is 67.2 Å². The van der Waals surface area contributed by atoms with Crippen molar-refractivity contribution < 1.29 is 0 Å². The average Bonchev–Trinajstić information content (AvgIpc) is 1.90. The minimum atomic E-state index is 0.551. The summed E-state index contributed by atoms with van der Waals surface area (Å²) in [5.74, 6) is 0. The van der Waals surface area contributed by atoms with Crippen LogP contribution in [0, 0.1) is 5.41 Å². The van der Waals surface area contributed by atoms with Gasteiger partial charge in [0.2, 0.25) is 0 Å². The molecule has 0 aliphatic carbocycles. The lowest BCUT2D eigenvalue weighted by molar-refractivity contribution is 0.359. The van der Waals surface area contributed by atoms with E-state index < -0.39 is 0 Å². The van der Waals surface area contributed by atoms with Crippen LogP contribution in [-0.2, 0) is 0 Å². The van der Waals surface area contributed by atoms with Crippen LogP contribution in [0.3, 0.4) is 0 Å². The monoisotopic (exact) mass is 158 g/mol. The van der Waals surface area contributed by atoms with Crippen molar-refractivity contribution in [1.82, 2.24) is 0 Å². The molecule has 0 fully saturated rings. The van der Waals surface area contributed by atoms with Crippen LogP contribution in [0.4, 0.5) is 0 Å². The van der Waals surface area contributed by atoms with Gasteiger partial charge in [-0.3, -0.25) is 0 Å². The standard InChI is InChI=1S/C9H20.C2H6/c1-5-6-7-8-9(2,3)4;1-2/h5-8H2,1-4H3;1-2H3. The van der Waals surface area contributed by atoms with Gasteiger partial charge < -0.3 is 0 Å². The van der Waals surface area contributed by atoms with E-state index in [-0.39, 0.29) is 0 Å². The van der Waals surface area contributed by atoms with Crippen LogP contribution in [0.5, 0.6) is 0 Å². The second-order valence-corrected chi connectivity index (χ2v) is 4.02. The third-order valence-electron chi connectivity index (χ3n) is 1.53. The topological polar surface area (TPSA) is 0 Å². The summed E-state index contributed by atoms with van der Waals surface area (Å²) in [6.45, 7) is 13.2.